The van der Waals surface area contributed by atoms with Crippen LogP contribution >= 0.6 is 0 Å². The second kappa shape index (κ2) is 8.06. The Kier molecular flexibility index (Phi) is 5.59. The zero-order valence-corrected chi connectivity index (χ0v) is 14.5. The van der Waals surface area contributed by atoms with E-state index in [1.807, 2.05) is 48.5 Å². The largest absolute Gasteiger partial charge is 0.494 e. The molecule has 2 aromatic rings. The molecule has 132 valence electrons. The van der Waals surface area contributed by atoms with Crippen molar-refractivity contribution < 1.29 is 19.4 Å². The third-order valence-corrected chi connectivity index (χ3v) is 4.66. The van der Waals surface area contributed by atoms with Gasteiger partial charge in [-0.15, -0.1) is 0 Å². The van der Waals surface area contributed by atoms with Crippen LogP contribution in [0.15, 0.2) is 48.5 Å². The molecule has 0 amide bonds. The number of aliphatic carboxylic acids is 1. The summed E-state index contributed by atoms with van der Waals surface area (Å²) in [6.45, 7) is 3.57. The van der Waals surface area contributed by atoms with Gasteiger partial charge in [-0.05, 0) is 60.6 Å². The molecule has 4 nitrogen and oxygen atoms in total. The molecule has 0 saturated carbocycles. The molecular weight excluding hydrogens is 316 g/mol. The van der Waals surface area contributed by atoms with Gasteiger partial charge >= 0.3 is 5.97 Å². The lowest BCUT2D eigenvalue weighted by Gasteiger charge is -2.15. The molecule has 4 heteroatoms. The minimum absolute atomic E-state index is 0.581. The predicted octanol–water partition coefficient (Wildman–Crippen LogP) is 4.48. The summed E-state index contributed by atoms with van der Waals surface area (Å²) in [5, 5.41) is 9.68. The van der Waals surface area contributed by atoms with Crippen LogP contribution in [0.1, 0.15) is 43.2 Å². The molecule has 0 saturated heterocycles. The Morgan fingerprint density at radius 1 is 0.880 bits per heavy atom. The van der Waals surface area contributed by atoms with Crippen LogP contribution in [-0.4, -0.2) is 24.3 Å². The van der Waals surface area contributed by atoms with Crippen LogP contribution in [0.5, 0.6) is 11.5 Å². The van der Waals surface area contributed by atoms with Gasteiger partial charge < -0.3 is 14.6 Å². The summed E-state index contributed by atoms with van der Waals surface area (Å²) < 4.78 is 11.6. The number of benzene rings is 2. The van der Waals surface area contributed by atoms with Crippen LogP contribution in [-0.2, 0) is 4.79 Å². The molecule has 2 atom stereocenters. The Hall–Kier alpha value is -2.49. The number of carboxylic acid groups (broad SMARTS) is 1. The number of hydrogen-bond donors (Lipinski definition) is 1. The van der Waals surface area contributed by atoms with E-state index in [4.69, 9.17) is 9.47 Å². The van der Waals surface area contributed by atoms with E-state index in [0.29, 0.717) is 19.1 Å². The predicted molar refractivity (Wildman–Crippen MR) is 96.4 cm³/mol. The quantitative estimate of drug-likeness (QED) is 0.831. The number of ether oxygens (including phenoxy) is 2. The minimum Gasteiger partial charge on any atom is -0.494 e. The summed E-state index contributed by atoms with van der Waals surface area (Å²) >= 11 is 0. The summed E-state index contributed by atoms with van der Waals surface area (Å²) in [6.07, 6.45) is 3.09. The topological polar surface area (TPSA) is 55.8 Å². The molecule has 5 rings (SSSR count). The highest BCUT2D eigenvalue weighted by Crippen LogP contribution is 2.28. The van der Waals surface area contributed by atoms with Crippen molar-refractivity contribution in [2.75, 3.05) is 13.2 Å². The highest BCUT2D eigenvalue weighted by atomic mass is 16.5. The zero-order chi connectivity index (χ0) is 17.6. The van der Waals surface area contributed by atoms with Gasteiger partial charge in [0.15, 0.2) is 0 Å². The Morgan fingerprint density at radius 3 is 1.92 bits per heavy atom. The number of carbonyl (C=O) groups is 1. The first-order chi connectivity index (χ1) is 12.1. The van der Waals surface area contributed by atoms with Crippen molar-refractivity contribution in [3.63, 3.8) is 0 Å². The molecule has 0 spiro atoms. The molecule has 0 aromatic heterocycles. The Balaban J connectivity index is 1.90. The number of fused-ring (bicyclic) bond motifs is 2. The van der Waals surface area contributed by atoms with E-state index in [1.165, 1.54) is 0 Å². The second-order valence-electron chi connectivity index (χ2n) is 6.64. The van der Waals surface area contributed by atoms with E-state index in [0.717, 1.165) is 41.9 Å². The molecule has 25 heavy (non-hydrogen) atoms. The fraction of sp³-hybridized carbons (Fsp3) is 0.381. The van der Waals surface area contributed by atoms with Gasteiger partial charge in [0.25, 0.3) is 0 Å². The molecule has 3 aliphatic heterocycles. The van der Waals surface area contributed by atoms with E-state index in [-0.39, 0.29) is 0 Å². The molecule has 3 aliphatic rings. The van der Waals surface area contributed by atoms with Crippen molar-refractivity contribution in [1.29, 1.82) is 0 Å². The fourth-order valence-corrected chi connectivity index (χ4v) is 3.13. The number of hydrogen-bond acceptors (Lipinski definition) is 3. The molecule has 3 heterocycles. The van der Waals surface area contributed by atoms with Crippen LogP contribution in [0.25, 0.3) is 0 Å². The van der Waals surface area contributed by atoms with Crippen molar-refractivity contribution in [3.8, 4) is 11.5 Å². The first-order valence-corrected chi connectivity index (χ1v) is 8.82. The lowest BCUT2D eigenvalue weighted by atomic mass is 9.91. The van der Waals surface area contributed by atoms with Crippen LogP contribution in [0.4, 0.5) is 0 Å². The van der Waals surface area contributed by atoms with Crippen LogP contribution in [0.3, 0.4) is 0 Å². The van der Waals surface area contributed by atoms with Crippen LogP contribution in [0.2, 0.25) is 0 Å². The summed E-state index contributed by atoms with van der Waals surface area (Å²) in [6, 6.07) is 14.7. The lowest BCUT2D eigenvalue weighted by molar-refractivity contribution is -0.137. The van der Waals surface area contributed by atoms with Crippen molar-refractivity contribution in [1.82, 2.24) is 0 Å². The van der Waals surface area contributed by atoms with E-state index in [2.05, 4.69) is 6.92 Å². The summed E-state index contributed by atoms with van der Waals surface area (Å²) in [5.74, 6) is 0.580. The average Bonchev–Trinajstić information content (AvgIpc) is 2.61. The van der Waals surface area contributed by atoms with Crippen molar-refractivity contribution in [2.24, 2.45) is 5.92 Å². The van der Waals surface area contributed by atoms with Gasteiger partial charge in [0.05, 0.1) is 13.2 Å². The maximum Gasteiger partial charge on any atom is 0.315 e. The lowest BCUT2D eigenvalue weighted by Crippen LogP contribution is -2.13. The van der Waals surface area contributed by atoms with Gasteiger partial charge in [-0.2, -0.15) is 0 Å². The minimum atomic E-state index is -0.867. The smallest absolute Gasteiger partial charge is 0.315 e. The van der Waals surface area contributed by atoms with Gasteiger partial charge in [0.2, 0.25) is 0 Å². The Morgan fingerprint density at radius 2 is 1.40 bits per heavy atom. The van der Waals surface area contributed by atoms with Crippen molar-refractivity contribution in [2.45, 2.75) is 32.1 Å². The third kappa shape index (κ3) is 4.53. The summed E-state index contributed by atoms with van der Waals surface area (Å²) in [7, 11) is 0. The molecular formula is C21H24O4. The molecule has 0 radical (unpaired) electrons. The maximum absolute atomic E-state index is 11.8. The zero-order valence-electron chi connectivity index (χ0n) is 14.5. The highest BCUT2D eigenvalue weighted by Gasteiger charge is 2.22. The monoisotopic (exact) mass is 340 g/mol. The highest BCUT2D eigenvalue weighted by molar-refractivity contribution is 5.80. The normalized spacial score (nSPS) is 21.2. The van der Waals surface area contributed by atoms with Gasteiger partial charge in [-0.1, -0.05) is 31.2 Å². The first-order valence-electron chi connectivity index (χ1n) is 8.82. The van der Waals surface area contributed by atoms with Crippen LogP contribution < -0.4 is 9.47 Å². The second-order valence-corrected chi connectivity index (χ2v) is 6.64. The van der Waals surface area contributed by atoms with E-state index in [9.17, 15) is 9.90 Å². The number of carboxylic acids is 1. The van der Waals surface area contributed by atoms with Gasteiger partial charge in [0.1, 0.15) is 17.4 Å². The van der Waals surface area contributed by atoms with Crippen LogP contribution in [0, 0.1) is 5.92 Å². The van der Waals surface area contributed by atoms with Gasteiger partial charge in [-0.25, -0.2) is 0 Å². The molecule has 1 N–H and O–H groups in total. The average molecular weight is 340 g/mol. The molecule has 4 bridgehead atoms. The first kappa shape index (κ1) is 17.3. The van der Waals surface area contributed by atoms with Gasteiger partial charge in [-0.3, -0.25) is 4.79 Å². The molecule has 0 aliphatic carbocycles. The Labute approximate surface area is 148 Å². The summed E-state index contributed by atoms with van der Waals surface area (Å²) in [5.41, 5.74) is 1.48. The van der Waals surface area contributed by atoms with Crippen molar-refractivity contribution >= 4 is 5.97 Å². The van der Waals surface area contributed by atoms with E-state index < -0.39 is 11.9 Å². The van der Waals surface area contributed by atoms with Crippen molar-refractivity contribution in [3.05, 3.63) is 59.7 Å². The maximum atomic E-state index is 11.8. The molecule has 2 unspecified atom stereocenters. The van der Waals surface area contributed by atoms with E-state index >= 15 is 0 Å². The summed E-state index contributed by atoms with van der Waals surface area (Å²) in [4.78, 5) is 11.8. The molecule has 0 fully saturated rings. The Bertz CT molecular complexity index is 691. The third-order valence-electron chi connectivity index (χ3n) is 4.66. The number of rotatable bonds is 1. The fourth-order valence-electron chi connectivity index (χ4n) is 3.13. The SMILES string of the molecule is CC1CCCOc2ccc(cc2)C(C(=O)O)c2ccc(cc2)OCC1. The van der Waals surface area contributed by atoms with Gasteiger partial charge in [0, 0.05) is 0 Å². The van der Waals surface area contributed by atoms with E-state index in [1.54, 1.807) is 0 Å². The standard InChI is InChI=1S/C21H24O4/c1-15-3-2-13-24-18-8-4-16(5-9-18)20(21(22)23)17-6-10-19(11-7-17)25-14-12-15/h4-11,15,20H,2-3,12-14H2,1H3,(H,22,23). The molecule has 2 aromatic carbocycles.